The standard InChI is InChI=1S/C32H31NO5S/c1-22-15-18-26(32(2,3)4)21-28(22)39(36,37)33-27-19-16-25(17-20-27)31(35)38-30(24-13-9-6-10-14-24)29(34)23-11-7-5-8-12-23/h5-21,30,33H,1-4H3. The summed E-state index contributed by atoms with van der Waals surface area (Å²) in [7, 11) is -3.87. The van der Waals surface area contributed by atoms with E-state index in [2.05, 4.69) is 4.72 Å². The molecule has 0 amide bonds. The topological polar surface area (TPSA) is 89.5 Å². The zero-order valence-electron chi connectivity index (χ0n) is 22.3. The maximum atomic E-state index is 13.2. The van der Waals surface area contributed by atoms with E-state index in [0.29, 0.717) is 22.4 Å². The van der Waals surface area contributed by atoms with Gasteiger partial charge in [0.15, 0.2) is 6.10 Å². The molecule has 4 aromatic rings. The Morgan fingerprint density at radius 1 is 0.769 bits per heavy atom. The summed E-state index contributed by atoms with van der Waals surface area (Å²) in [5.41, 5.74) is 2.79. The molecule has 0 spiro atoms. The van der Waals surface area contributed by atoms with E-state index >= 15 is 0 Å². The molecule has 7 heteroatoms. The summed E-state index contributed by atoms with van der Waals surface area (Å²) in [5, 5.41) is 0. The minimum atomic E-state index is -3.87. The van der Waals surface area contributed by atoms with E-state index in [1.807, 2.05) is 32.9 Å². The molecule has 1 N–H and O–H groups in total. The normalized spacial score (nSPS) is 12.4. The van der Waals surface area contributed by atoms with Gasteiger partial charge in [-0.15, -0.1) is 0 Å². The molecule has 0 aliphatic carbocycles. The molecule has 0 saturated carbocycles. The third kappa shape index (κ3) is 6.62. The number of carbonyl (C=O) groups is 2. The maximum Gasteiger partial charge on any atom is 0.339 e. The van der Waals surface area contributed by atoms with Crippen LogP contribution < -0.4 is 4.72 Å². The molecule has 0 bridgehead atoms. The van der Waals surface area contributed by atoms with Crippen LogP contribution in [0.15, 0.2) is 108 Å². The van der Waals surface area contributed by atoms with Crippen LogP contribution >= 0.6 is 0 Å². The van der Waals surface area contributed by atoms with Crippen molar-refractivity contribution in [2.75, 3.05) is 4.72 Å². The minimum Gasteiger partial charge on any atom is -0.445 e. The Morgan fingerprint density at radius 2 is 1.36 bits per heavy atom. The first-order valence-corrected chi connectivity index (χ1v) is 14.0. The average Bonchev–Trinajstić information content (AvgIpc) is 2.92. The van der Waals surface area contributed by atoms with Gasteiger partial charge in [-0.05, 0) is 53.8 Å². The number of carbonyl (C=O) groups excluding carboxylic acids is 2. The van der Waals surface area contributed by atoms with Gasteiger partial charge in [0, 0.05) is 16.8 Å². The van der Waals surface area contributed by atoms with Crippen molar-refractivity contribution in [2.24, 2.45) is 0 Å². The van der Waals surface area contributed by atoms with Crippen LogP contribution in [0.2, 0.25) is 0 Å². The van der Waals surface area contributed by atoms with Gasteiger partial charge in [0.2, 0.25) is 5.78 Å². The van der Waals surface area contributed by atoms with Crippen molar-refractivity contribution in [3.05, 3.63) is 131 Å². The van der Waals surface area contributed by atoms with Gasteiger partial charge in [0.25, 0.3) is 10.0 Å². The molecule has 0 aliphatic heterocycles. The zero-order chi connectivity index (χ0) is 28.2. The lowest BCUT2D eigenvalue weighted by molar-refractivity contribution is 0.0280. The number of hydrogen-bond acceptors (Lipinski definition) is 5. The molecule has 0 fully saturated rings. The summed E-state index contributed by atoms with van der Waals surface area (Å²) in [5.74, 6) is -1.04. The first-order valence-electron chi connectivity index (χ1n) is 12.5. The highest BCUT2D eigenvalue weighted by molar-refractivity contribution is 7.92. The molecule has 0 aromatic heterocycles. The Hall–Kier alpha value is -4.23. The number of nitrogens with one attached hydrogen (secondary N) is 1. The number of sulfonamides is 1. The number of ketones is 1. The smallest absolute Gasteiger partial charge is 0.339 e. The molecule has 1 atom stereocenters. The molecule has 0 saturated heterocycles. The fraction of sp³-hybridized carbons (Fsp3) is 0.188. The van der Waals surface area contributed by atoms with E-state index < -0.39 is 22.1 Å². The van der Waals surface area contributed by atoms with E-state index in [-0.39, 0.29) is 21.7 Å². The summed E-state index contributed by atoms with van der Waals surface area (Å²) in [4.78, 5) is 26.5. The molecular formula is C32H31NO5S. The van der Waals surface area contributed by atoms with E-state index in [0.717, 1.165) is 5.56 Å². The molecule has 6 nitrogen and oxygen atoms in total. The Labute approximate surface area is 229 Å². The number of hydrogen-bond donors (Lipinski definition) is 1. The van der Waals surface area contributed by atoms with Crippen LogP contribution in [-0.4, -0.2) is 20.2 Å². The molecule has 0 aliphatic rings. The second-order valence-corrected chi connectivity index (χ2v) is 12.0. The highest BCUT2D eigenvalue weighted by atomic mass is 32.2. The summed E-state index contributed by atoms with van der Waals surface area (Å²) in [6.07, 6.45) is -1.13. The predicted octanol–water partition coefficient (Wildman–Crippen LogP) is 6.87. The van der Waals surface area contributed by atoms with Crippen molar-refractivity contribution in [3.63, 3.8) is 0 Å². The van der Waals surface area contributed by atoms with Crippen LogP contribution in [-0.2, 0) is 20.2 Å². The molecule has 200 valence electrons. The summed E-state index contributed by atoms with van der Waals surface area (Å²) in [6, 6.07) is 28.8. The first-order chi connectivity index (χ1) is 18.5. The lowest BCUT2D eigenvalue weighted by atomic mass is 9.87. The molecule has 39 heavy (non-hydrogen) atoms. The highest BCUT2D eigenvalue weighted by Gasteiger charge is 2.27. The van der Waals surface area contributed by atoms with E-state index in [4.69, 9.17) is 4.74 Å². The van der Waals surface area contributed by atoms with Crippen molar-refractivity contribution in [1.29, 1.82) is 0 Å². The second kappa shape index (κ2) is 11.3. The molecule has 4 aromatic carbocycles. The van der Waals surface area contributed by atoms with Crippen molar-refractivity contribution in [2.45, 2.75) is 44.1 Å². The van der Waals surface area contributed by atoms with Crippen LogP contribution in [0.1, 0.15) is 64.3 Å². The number of esters is 1. The minimum absolute atomic E-state index is 0.186. The van der Waals surface area contributed by atoms with Gasteiger partial charge in [0.05, 0.1) is 10.5 Å². The largest absolute Gasteiger partial charge is 0.445 e. The maximum absolute atomic E-state index is 13.2. The fourth-order valence-electron chi connectivity index (χ4n) is 4.07. The number of ether oxygens (including phenoxy) is 1. The summed E-state index contributed by atoms with van der Waals surface area (Å²) < 4.78 is 34.7. The average molecular weight is 542 g/mol. The number of anilines is 1. The number of benzene rings is 4. The van der Waals surface area contributed by atoms with E-state index in [1.165, 1.54) is 24.3 Å². The number of Topliss-reactive ketones (excluding diaryl/α,β-unsaturated/α-hetero) is 1. The van der Waals surface area contributed by atoms with Crippen LogP contribution in [0.5, 0.6) is 0 Å². The fourth-order valence-corrected chi connectivity index (χ4v) is 5.40. The van der Waals surface area contributed by atoms with Gasteiger partial charge in [-0.3, -0.25) is 9.52 Å². The van der Waals surface area contributed by atoms with Crippen molar-refractivity contribution in [3.8, 4) is 0 Å². The Balaban J connectivity index is 1.54. The number of aryl methyl sites for hydroxylation is 1. The Kier molecular flexibility index (Phi) is 8.02. The van der Waals surface area contributed by atoms with E-state index in [9.17, 15) is 18.0 Å². The van der Waals surface area contributed by atoms with E-state index in [1.54, 1.807) is 73.7 Å². The third-order valence-electron chi connectivity index (χ3n) is 6.34. The third-order valence-corrected chi connectivity index (χ3v) is 7.86. The van der Waals surface area contributed by atoms with Gasteiger partial charge in [-0.2, -0.15) is 0 Å². The SMILES string of the molecule is Cc1ccc(C(C)(C)C)cc1S(=O)(=O)Nc1ccc(C(=O)OC(C(=O)c2ccccc2)c2ccccc2)cc1. The monoisotopic (exact) mass is 541 g/mol. The van der Waals surface area contributed by atoms with Gasteiger partial charge in [0.1, 0.15) is 0 Å². The summed E-state index contributed by atoms with van der Waals surface area (Å²) in [6.45, 7) is 7.82. The highest BCUT2D eigenvalue weighted by Crippen LogP contribution is 2.28. The van der Waals surface area contributed by atoms with Crippen molar-refractivity contribution >= 4 is 27.5 Å². The molecule has 4 rings (SSSR count). The van der Waals surface area contributed by atoms with Crippen LogP contribution in [0.25, 0.3) is 0 Å². The Morgan fingerprint density at radius 3 is 1.95 bits per heavy atom. The van der Waals surface area contributed by atoms with Gasteiger partial charge < -0.3 is 4.74 Å². The molecular weight excluding hydrogens is 510 g/mol. The van der Waals surface area contributed by atoms with Crippen molar-refractivity contribution < 1.29 is 22.7 Å². The van der Waals surface area contributed by atoms with Gasteiger partial charge >= 0.3 is 5.97 Å². The van der Waals surface area contributed by atoms with Gasteiger partial charge in [-0.1, -0.05) is 93.6 Å². The molecule has 1 unspecified atom stereocenters. The lowest BCUT2D eigenvalue weighted by Gasteiger charge is -2.21. The quantitative estimate of drug-likeness (QED) is 0.194. The Bertz CT molecular complexity index is 1570. The predicted molar refractivity (Wildman–Crippen MR) is 153 cm³/mol. The second-order valence-electron chi connectivity index (χ2n) is 10.3. The zero-order valence-corrected chi connectivity index (χ0v) is 23.2. The van der Waals surface area contributed by atoms with Crippen molar-refractivity contribution in [1.82, 2.24) is 0 Å². The van der Waals surface area contributed by atoms with Crippen LogP contribution in [0.4, 0.5) is 5.69 Å². The first kappa shape index (κ1) is 27.8. The van der Waals surface area contributed by atoms with Gasteiger partial charge in [-0.25, -0.2) is 13.2 Å². The van der Waals surface area contributed by atoms with Crippen LogP contribution in [0.3, 0.4) is 0 Å². The molecule has 0 radical (unpaired) electrons. The van der Waals surface area contributed by atoms with Crippen LogP contribution in [0, 0.1) is 6.92 Å². The lowest BCUT2D eigenvalue weighted by Crippen LogP contribution is -2.20. The summed E-state index contributed by atoms with van der Waals surface area (Å²) >= 11 is 0. The molecule has 0 heterocycles. The number of rotatable bonds is 8.